The molecule has 6 atom stereocenters. The van der Waals surface area contributed by atoms with Crippen LogP contribution in [-0.2, 0) is 65.4 Å². The maximum Gasteiger partial charge on any atom is 0.472 e. The van der Waals surface area contributed by atoms with Crippen LogP contribution in [0.15, 0.2) is 0 Å². The molecule has 0 aliphatic rings. The molecule has 0 aromatic heterocycles. The molecule has 85 heavy (non-hydrogen) atoms. The maximum atomic E-state index is 13.0. The van der Waals surface area contributed by atoms with Gasteiger partial charge in [-0.1, -0.05) is 267 Å². The molecule has 19 heteroatoms. The van der Waals surface area contributed by atoms with Crippen LogP contribution in [0.4, 0.5) is 0 Å². The Bertz CT molecular complexity index is 1700. The molecule has 0 aromatic carbocycles. The number of hydrogen-bond acceptors (Lipinski definition) is 15. The van der Waals surface area contributed by atoms with Crippen molar-refractivity contribution in [3.05, 3.63) is 0 Å². The Hall–Kier alpha value is -1.94. The highest BCUT2D eigenvalue weighted by molar-refractivity contribution is 7.47. The van der Waals surface area contributed by atoms with E-state index in [2.05, 4.69) is 55.4 Å². The van der Waals surface area contributed by atoms with E-state index in [0.717, 1.165) is 114 Å². The Balaban J connectivity index is 5.26. The van der Waals surface area contributed by atoms with Crippen molar-refractivity contribution in [1.29, 1.82) is 0 Å². The van der Waals surface area contributed by atoms with Gasteiger partial charge in [-0.05, 0) is 49.4 Å². The van der Waals surface area contributed by atoms with Crippen molar-refractivity contribution >= 4 is 39.5 Å². The molecule has 0 spiro atoms. The third-order valence-electron chi connectivity index (χ3n) is 15.4. The third kappa shape index (κ3) is 59.5. The van der Waals surface area contributed by atoms with Gasteiger partial charge in [0.05, 0.1) is 26.4 Å². The quantitative estimate of drug-likeness (QED) is 0.0222. The Morgan fingerprint density at radius 3 is 0.835 bits per heavy atom. The number of phosphoric acid groups is 2. The number of carbonyl (C=O) groups is 4. The summed E-state index contributed by atoms with van der Waals surface area (Å²) in [4.78, 5) is 72.3. The number of ether oxygens (including phenoxy) is 4. The van der Waals surface area contributed by atoms with E-state index in [1.54, 1.807) is 0 Å². The van der Waals surface area contributed by atoms with Crippen LogP contribution >= 0.6 is 15.6 Å². The van der Waals surface area contributed by atoms with Crippen LogP contribution < -0.4 is 0 Å². The molecule has 0 fully saturated rings. The number of aliphatic hydroxyl groups excluding tert-OH is 1. The van der Waals surface area contributed by atoms with E-state index in [0.29, 0.717) is 31.6 Å². The third-order valence-corrected chi connectivity index (χ3v) is 17.3. The molecule has 0 radical (unpaired) electrons. The fraction of sp³-hybridized carbons (Fsp3) is 0.939. The number of phosphoric ester groups is 2. The van der Waals surface area contributed by atoms with Gasteiger partial charge >= 0.3 is 39.5 Å². The summed E-state index contributed by atoms with van der Waals surface area (Å²) in [5.41, 5.74) is 0. The number of esters is 4. The molecule has 0 saturated heterocycles. The molecule has 0 saturated carbocycles. The normalized spacial score (nSPS) is 14.7. The largest absolute Gasteiger partial charge is 0.472 e. The topological polar surface area (TPSA) is 237 Å². The van der Waals surface area contributed by atoms with Crippen LogP contribution in [0.25, 0.3) is 0 Å². The lowest BCUT2D eigenvalue weighted by molar-refractivity contribution is -0.161. The first-order chi connectivity index (χ1) is 40.6. The van der Waals surface area contributed by atoms with Crippen LogP contribution in [0, 0.1) is 23.7 Å². The van der Waals surface area contributed by atoms with E-state index in [4.69, 9.17) is 37.0 Å². The van der Waals surface area contributed by atoms with Crippen LogP contribution in [0.5, 0.6) is 0 Å². The Kier molecular flexibility index (Phi) is 54.8. The molecule has 3 N–H and O–H groups in total. The first-order valence-corrected chi connectivity index (χ1v) is 37.2. The van der Waals surface area contributed by atoms with E-state index >= 15 is 0 Å². The van der Waals surface area contributed by atoms with Crippen molar-refractivity contribution in [2.24, 2.45) is 23.7 Å². The van der Waals surface area contributed by atoms with Crippen molar-refractivity contribution in [2.45, 2.75) is 337 Å². The first-order valence-electron chi connectivity index (χ1n) is 34.2. The fourth-order valence-corrected chi connectivity index (χ4v) is 11.3. The SMILES string of the molecule is CCC(C)CCCCCCCCC(=O)O[C@H](COC(=O)CCCCCCCCCC(C)C)COP(=O)(O)OCC(O)COP(=O)(O)OC[C@@H](COC(=O)CCCCCCCCCCCC(C)C)OC(=O)CCCCCCCCCCCCC(C)C. The summed E-state index contributed by atoms with van der Waals surface area (Å²) in [5, 5.41) is 10.6. The van der Waals surface area contributed by atoms with Gasteiger partial charge in [0.1, 0.15) is 19.3 Å². The van der Waals surface area contributed by atoms with Crippen LogP contribution in [0.1, 0.15) is 319 Å². The summed E-state index contributed by atoms with van der Waals surface area (Å²) in [6.45, 7) is 14.0. The van der Waals surface area contributed by atoms with Gasteiger partial charge in [0.15, 0.2) is 12.2 Å². The molecule has 0 heterocycles. The number of rotatable bonds is 63. The van der Waals surface area contributed by atoms with Crippen molar-refractivity contribution in [3.63, 3.8) is 0 Å². The maximum absolute atomic E-state index is 13.0. The summed E-state index contributed by atoms with van der Waals surface area (Å²) in [6.07, 6.45) is 36.3. The van der Waals surface area contributed by atoms with Gasteiger partial charge in [-0.2, -0.15) is 0 Å². The van der Waals surface area contributed by atoms with Crippen molar-refractivity contribution < 1.29 is 80.2 Å². The van der Waals surface area contributed by atoms with Gasteiger partial charge in [-0.15, -0.1) is 0 Å². The zero-order valence-corrected chi connectivity index (χ0v) is 57.0. The minimum atomic E-state index is -4.95. The van der Waals surface area contributed by atoms with Crippen molar-refractivity contribution in [1.82, 2.24) is 0 Å². The monoisotopic (exact) mass is 1250 g/mol. The average molecular weight is 1260 g/mol. The average Bonchev–Trinajstić information content (AvgIpc) is 3.48. The predicted molar refractivity (Wildman–Crippen MR) is 340 cm³/mol. The van der Waals surface area contributed by atoms with Gasteiger partial charge in [0, 0.05) is 25.7 Å². The molecule has 4 unspecified atom stereocenters. The zero-order valence-electron chi connectivity index (χ0n) is 55.2. The van der Waals surface area contributed by atoms with Crippen molar-refractivity contribution in [2.75, 3.05) is 39.6 Å². The molecular formula is C66H128O17P2. The number of unbranched alkanes of at least 4 members (excludes halogenated alkanes) is 28. The van der Waals surface area contributed by atoms with Crippen LogP contribution in [0.2, 0.25) is 0 Å². The molecule has 504 valence electrons. The fourth-order valence-electron chi connectivity index (χ4n) is 9.75. The molecule has 0 aromatic rings. The zero-order chi connectivity index (χ0) is 63.2. The molecule has 0 bridgehead atoms. The second kappa shape index (κ2) is 56.1. The predicted octanol–water partition coefficient (Wildman–Crippen LogP) is 18.1. The first kappa shape index (κ1) is 83.1. The summed E-state index contributed by atoms with van der Waals surface area (Å²) in [5.74, 6) is 0.783. The number of aliphatic hydroxyl groups is 1. The molecular weight excluding hydrogens is 1130 g/mol. The summed E-state index contributed by atoms with van der Waals surface area (Å²) in [6, 6.07) is 0. The van der Waals surface area contributed by atoms with Crippen LogP contribution in [0.3, 0.4) is 0 Å². The minimum Gasteiger partial charge on any atom is -0.462 e. The lowest BCUT2D eigenvalue weighted by Crippen LogP contribution is -2.30. The second-order valence-electron chi connectivity index (χ2n) is 25.5. The van der Waals surface area contributed by atoms with Gasteiger partial charge < -0.3 is 33.8 Å². The lowest BCUT2D eigenvalue weighted by atomic mass is 10.00. The van der Waals surface area contributed by atoms with Gasteiger partial charge in [0.2, 0.25) is 0 Å². The van der Waals surface area contributed by atoms with Crippen LogP contribution in [-0.4, -0.2) is 96.7 Å². The lowest BCUT2D eigenvalue weighted by Gasteiger charge is -2.21. The Labute approximate surface area is 517 Å². The minimum absolute atomic E-state index is 0.102. The van der Waals surface area contributed by atoms with E-state index in [1.807, 2.05) is 0 Å². The smallest absolute Gasteiger partial charge is 0.462 e. The molecule has 0 aliphatic heterocycles. The summed E-state index contributed by atoms with van der Waals surface area (Å²) >= 11 is 0. The van der Waals surface area contributed by atoms with E-state index in [9.17, 15) is 43.2 Å². The van der Waals surface area contributed by atoms with E-state index in [-0.39, 0.29) is 25.7 Å². The highest BCUT2D eigenvalue weighted by Crippen LogP contribution is 2.45. The summed E-state index contributed by atoms with van der Waals surface area (Å²) in [7, 11) is -9.89. The van der Waals surface area contributed by atoms with Gasteiger partial charge in [-0.25, -0.2) is 9.13 Å². The molecule has 0 amide bonds. The number of carbonyl (C=O) groups excluding carboxylic acids is 4. The summed E-state index contributed by atoms with van der Waals surface area (Å²) < 4.78 is 68.1. The molecule has 0 aliphatic carbocycles. The van der Waals surface area contributed by atoms with E-state index < -0.39 is 97.5 Å². The van der Waals surface area contributed by atoms with E-state index in [1.165, 1.54) is 116 Å². The highest BCUT2D eigenvalue weighted by atomic mass is 31.2. The Morgan fingerprint density at radius 2 is 0.565 bits per heavy atom. The highest BCUT2D eigenvalue weighted by Gasteiger charge is 2.30. The molecule has 0 rings (SSSR count). The molecule has 17 nitrogen and oxygen atoms in total. The van der Waals surface area contributed by atoms with Crippen molar-refractivity contribution in [3.8, 4) is 0 Å². The van der Waals surface area contributed by atoms with Gasteiger partial charge in [0.25, 0.3) is 0 Å². The van der Waals surface area contributed by atoms with Gasteiger partial charge in [-0.3, -0.25) is 37.3 Å². The second-order valence-corrected chi connectivity index (χ2v) is 28.4. The standard InChI is InChI=1S/C66H128O17P2/c1-9-59(8)45-37-29-24-25-33-41-49-66(71)83-62(53-77-64(69)47-39-31-23-17-20-28-36-44-58(6)7)55-81-85(74,75)79-51-60(67)50-78-84(72,73)80-54-61(52-76-63(68)46-38-30-21-16-12-14-19-27-35-43-57(4)5)82-65(70)48-40-32-22-15-11-10-13-18-26-34-42-56(2)3/h56-62,67H,9-55H2,1-8H3,(H,72,73)(H,74,75)/t59?,60?,61-,62-/m1/s1. The number of hydrogen-bond donors (Lipinski definition) is 3. The Morgan fingerprint density at radius 1 is 0.329 bits per heavy atom.